The summed E-state index contributed by atoms with van der Waals surface area (Å²) >= 11 is 18.1. The summed E-state index contributed by atoms with van der Waals surface area (Å²) in [6.07, 6.45) is 0. The Bertz CT molecular complexity index is 137. The zero-order chi connectivity index (χ0) is 11.3. The summed E-state index contributed by atoms with van der Waals surface area (Å²) < 4.78 is 6.45. The molecule has 0 saturated carbocycles. The van der Waals surface area contributed by atoms with Crippen molar-refractivity contribution in [2.24, 2.45) is 0 Å². The molecule has 0 N–H and O–H groups in total. The van der Waals surface area contributed by atoms with Gasteiger partial charge in [-0.05, 0) is 0 Å². The van der Waals surface area contributed by atoms with Crippen molar-refractivity contribution in [2.45, 2.75) is 19.6 Å². The Labute approximate surface area is 182 Å². The fraction of sp³-hybridized carbons (Fsp3) is 1.00. The minimum Gasteiger partial charge on any atom is -0.0852 e. The van der Waals surface area contributed by atoms with E-state index in [1.54, 1.807) is 0 Å². The number of halogens is 7. The molecule has 0 bridgehead atoms. The zero-order valence-electron chi connectivity index (χ0n) is 6.95. The van der Waals surface area contributed by atoms with Crippen molar-refractivity contribution in [3.63, 3.8) is 0 Å². The van der Waals surface area contributed by atoms with E-state index in [-0.39, 0.29) is 0 Å². The van der Waals surface area contributed by atoms with Gasteiger partial charge in [0.1, 0.15) is 0 Å². The van der Waals surface area contributed by atoms with E-state index in [2.05, 4.69) is 158 Å². The molecule has 0 aliphatic carbocycles. The van der Waals surface area contributed by atoms with Crippen molar-refractivity contribution in [2.75, 3.05) is 8.86 Å². The molecule has 0 nitrogen and oxygen atoms in total. The Kier molecular flexibility index (Phi) is 14.8. The summed E-state index contributed by atoms with van der Waals surface area (Å²) in [6, 6.07) is 0. The lowest BCUT2D eigenvalue weighted by Gasteiger charge is -2.27. The smallest absolute Gasteiger partial charge is 0.0366 e. The predicted octanol–water partition coefficient (Wildman–Crippen LogP) is 5.87. The Morgan fingerprint density at radius 1 is 0.571 bits per heavy atom. The van der Waals surface area contributed by atoms with Gasteiger partial charge in [0.05, 0.1) is 0 Å². The summed E-state index contributed by atoms with van der Waals surface area (Å²) in [6.45, 7) is 0. The molecule has 0 aliphatic rings. The summed E-state index contributed by atoms with van der Waals surface area (Å²) in [5.74, 6) is 0. The molecule has 0 spiro atoms. The van der Waals surface area contributed by atoms with Gasteiger partial charge in [-0.2, -0.15) is 0 Å². The second-order valence-corrected chi connectivity index (χ2v) is 12.0. The van der Waals surface area contributed by atoms with Gasteiger partial charge in [-0.15, -0.1) is 0 Å². The van der Waals surface area contributed by atoms with Gasteiger partial charge < -0.3 is 0 Å². The van der Waals surface area contributed by atoms with E-state index in [0.717, 1.165) is 19.6 Å². The fourth-order valence-electron chi connectivity index (χ4n) is 0.745. The topological polar surface area (TPSA) is 0 Å². The molecule has 0 saturated heterocycles. The lowest BCUT2D eigenvalue weighted by molar-refractivity contribution is 0.810. The molecule has 0 aromatic heterocycles. The minimum atomic E-state index is 0.780. The van der Waals surface area contributed by atoms with Crippen LogP contribution in [0.1, 0.15) is 0 Å². The van der Waals surface area contributed by atoms with Gasteiger partial charge in [-0.1, -0.05) is 158 Å². The van der Waals surface area contributed by atoms with Crippen LogP contribution in [0.15, 0.2) is 0 Å². The molecule has 0 aromatic rings. The highest BCUT2D eigenvalue weighted by Crippen LogP contribution is 2.34. The van der Waals surface area contributed by atoms with Crippen LogP contribution in [0.4, 0.5) is 0 Å². The zero-order valence-corrected chi connectivity index (χ0v) is 22.0. The van der Waals surface area contributed by atoms with Gasteiger partial charge in [-0.25, -0.2) is 0 Å². The molecule has 86 valence electrons. The highest BCUT2D eigenvalue weighted by atomic mass is 127. The van der Waals surface area contributed by atoms with Gasteiger partial charge in [-0.3, -0.25) is 0 Å². The summed E-state index contributed by atoms with van der Waals surface area (Å²) in [7, 11) is 0. The number of rotatable bonds is 6. The summed E-state index contributed by atoms with van der Waals surface area (Å²) in [4.78, 5) is 0. The first-order valence-corrected chi connectivity index (χ1v) is 13.1. The molecule has 14 heavy (non-hydrogen) atoms. The van der Waals surface area contributed by atoms with Crippen LogP contribution in [0.25, 0.3) is 0 Å². The Balaban J connectivity index is 4.22. The van der Waals surface area contributed by atoms with E-state index < -0.39 is 0 Å². The summed E-state index contributed by atoms with van der Waals surface area (Å²) in [5, 5.41) is 0. The van der Waals surface area contributed by atoms with E-state index in [1.807, 2.05) is 0 Å². The lowest BCUT2D eigenvalue weighted by atomic mass is 10.2. The molecular formula is C7H9I7. The largest absolute Gasteiger partial charge is 0.0852 e. The maximum Gasteiger partial charge on any atom is 0.0366 e. The first-order valence-electron chi connectivity index (χ1n) is 3.78. The quantitative estimate of drug-likeness (QED) is 0.231. The van der Waals surface area contributed by atoms with Gasteiger partial charge in [0.2, 0.25) is 0 Å². The van der Waals surface area contributed by atoms with Crippen LogP contribution in [-0.2, 0) is 0 Å². The molecule has 0 radical (unpaired) electrons. The molecule has 4 unspecified atom stereocenters. The average molecular weight is 981 g/mol. The van der Waals surface area contributed by atoms with Crippen LogP contribution in [-0.4, -0.2) is 28.5 Å². The van der Waals surface area contributed by atoms with Crippen LogP contribution in [0.3, 0.4) is 0 Å². The van der Waals surface area contributed by atoms with Crippen LogP contribution in [0, 0.1) is 0 Å². The van der Waals surface area contributed by atoms with Gasteiger partial charge in [0.25, 0.3) is 0 Å². The van der Waals surface area contributed by atoms with E-state index in [9.17, 15) is 0 Å². The number of alkyl halides is 7. The van der Waals surface area contributed by atoms with E-state index in [1.165, 1.54) is 8.86 Å². The lowest BCUT2D eigenvalue weighted by Crippen LogP contribution is -2.36. The Hall–Kier alpha value is 5.11. The van der Waals surface area contributed by atoms with Crippen molar-refractivity contribution in [3.8, 4) is 0 Å². The molecule has 0 aromatic carbocycles. The van der Waals surface area contributed by atoms with Gasteiger partial charge >= 0.3 is 0 Å². The SMILES string of the molecule is ICC(I)C(I)C(I)C(I)C(I)CI. The average Bonchev–Trinajstić information content (AvgIpc) is 2.23. The summed E-state index contributed by atoms with van der Waals surface area (Å²) in [5.41, 5.74) is 0. The first-order chi connectivity index (χ1) is 6.45. The van der Waals surface area contributed by atoms with Crippen LogP contribution in [0.2, 0.25) is 0 Å². The van der Waals surface area contributed by atoms with E-state index in [4.69, 9.17) is 0 Å². The monoisotopic (exact) mass is 981 g/mol. The van der Waals surface area contributed by atoms with Gasteiger partial charge in [0, 0.05) is 28.5 Å². The van der Waals surface area contributed by atoms with Crippen molar-refractivity contribution >= 4 is 158 Å². The molecule has 0 aliphatic heterocycles. The third kappa shape index (κ3) is 7.04. The highest BCUT2D eigenvalue weighted by molar-refractivity contribution is 14.1. The standard InChI is InChI=1S/C7H9I7/c8-1-3(10)5(12)7(14)6(13)4(11)2-9/h3-7H,1-2H2. The maximum atomic E-state index is 2.64. The van der Waals surface area contributed by atoms with E-state index >= 15 is 0 Å². The number of hydrogen-bond donors (Lipinski definition) is 0. The van der Waals surface area contributed by atoms with Crippen LogP contribution < -0.4 is 0 Å². The second-order valence-electron chi connectivity index (χ2n) is 2.67. The molecular weight excluding hydrogens is 972 g/mol. The predicted molar refractivity (Wildman–Crippen MR) is 127 cm³/mol. The van der Waals surface area contributed by atoms with Gasteiger partial charge in [0.15, 0.2) is 0 Å². The van der Waals surface area contributed by atoms with Crippen molar-refractivity contribution in [1.82, 2.24) is 0 Å². The van der Waals surface area contributed by atoms with Crippen LogP contribution in [0.5, 0.6) is 0 Å². The second kappa shape index (κ2) is 10.8. The van der Waals surface area contributed by atoms with Crippen molar-refractivity contribution in [3.05, 3.63) is 0 Å². The third-order valence-corrected chi connectivity index (χ3v) is 19.6. The molecule has 0 heterocycles. The fourth-order valence-corrected chi connectivity index (χ4v) is 9.47. The Morgan fingerprint density at radius 3 is 1.07 bits per heavy atom. The molecule has 4 atom stereocenters. The normalized spacial score (nSPS) is 22.5. The maximum absolute atomic E-state index is 2.64. The van der Waals surface area contributed by atoms with Crippen LogP contribution >= 0.6 is 158 Å². The number of hydrogen-bond acceptors (Lipinski definition) is 0. The van der Waals surface area contributed by atoms with E-state index in [0.29, 0.717) is 0 Å². The van der Waals surface area contributed by atoms with Crippen molar-refractivity contribution in [1.29, 1.82) is 0 Å². The third-order valence-electron chi connectivity index (χ3n) is 1.59. The minimum absolute atomic E-state index is 0.780. The molecule has 0 rings (SSSR count). The first kappa shape index (κ1) is 19.1. The van der Waals surface area contributed by atoms with Crippen molar-refractivity contribution < 1.29 is 0 Å². The molecule has 0 amide bonds. The molecule has 0 fully saturated rings. The Morgan fingerprint density at radius 2 is 0.857 bits per heavy atom. The molecule has 7 heteroatoms. The highest BCUT2D eigenvalue weighted by Gasteiger charge is 2.31.